The van der Waals surface area contributed by atoms with Crippen LogP contribution in [0.5, 0.6) is 0 Å². The standard InChI is InChI=1S/C41H50N4O4S/c1-2-33(46)25-32(27-37-43-34-22-11-12-23-36(34)50-37)41(49)45-39(30-19-9-10-20-30)35(47)26-31(21-13-14-24-42)40(48)44-38(28-15-5-3-6-16-28)29-17-7-4-8-18-29/h3-8,11-12,15-18,22-23,30-32,38-39H,2,9-10,13-14,19-21,24-27,42H2,1H3,(H,44,48)(H,45,49)/t31-,32+,39+/m1/s1. The van der Waals surface area contributed by atoms with E-state index in [1.807, 2.05) is 84.9 Å². The van der Waals surface area contributed by atoms with Crippen molar-refractivity contribution in [1.82, 2.24) is 15.6 Å². The molecule has 0 bridgehead atoms. The number of unbranched alkanes of at least 4 members (excludes halogenated alkanes) is 1. The number of thiazole rings is 1. The lowest BCUT2D eigenvalue weighted by Crippen LogP contribution is -2.49. The molecule has 3 aromatic carbocycles. The zero-order chi connectivity index (χ0) is 35.3. The second-order valence-electron chi connectivity index (χ2n) is 13.5. The number of carbonyl (C=O) groups is 4. The zero-order valence-corrected chi connectivity index (χ0v) is 29.8. The molecule has 1 fully saturated rings. The highest BCUT2D eigenvalue weighted by Gasteiger charge is 2.36. The van der Waals surface area contributed by atoms with Gasteiger partial charge in [-0.15, -0.1) is 11.3 Å². The summed E-state index contributed by atoms with van der Waals surface area (Å²) in [6.45, 7) is 2.31. The van der Waals surface area contributed by atoms with Crippen LogP contribution in [0.2, 0.25) is 0 Å². The van der Waals surface area contributed by atoms with Gasteiger partial charge in [0.25, 0.3) is 0 Å². The number of amides is 2. The number of hydrogen-bond acceptors (Lipinski definition) is 7. The molecule has 5 rings (SSSR count). The molecule has 8 nitrogen and oxygen atoms in total. The molecule has 264 valence electrons. The number of Topliss-reactive ketones (excluding diaryl/α,β-unsaturated/α-hetero) is 2. The molecule has 4 N–H and O–H groups in total. The summed E-state index contributed by atoms with van der Waals surface area (Å²) in [7, 11) is 0. The van der Waals surface area contributed by atoms with Gasteiger partial charge in [-0.25, -0.2) is 4.98 Å². The lowest BCUT2D eigenvalue weighted by atomic mass is 9.86. The van der Waals surface area contributed by atoms with Crippen LogP contribution < -0.4 is 16.4 Å². The van der Waals surface area contributed by atoms with Crippen molar-refractivity contribution in [2.75, 3.05) is 6.54 Å². The number of benzene rings is 3. The summed E-state index contributed by atoms with van der Waals surface area (Å²) < 4.78 is 1.03. The molecule has 0 spiro atoms. The number of nitrogens with zero attached hydrogens (tertiary/aromatic N) is 1. The van der Waals surface area contributed by atoms with E-state index in [4.69, 9.17) is 10.7 Å². The Kier molecular flexibility index (Phi) is 13.9. The highest BCUT2D eigenvalue weighted by atomic mass is 32.1. The highest BCUT2D eigenvalue weighted by Crippen LogP contribution is 2.31. The summed E-state index contributed by atoms with van der Waals surface area (Å²) in [5.41, 5.74) is 8.60. The molecule has 1 aliphatic rings. The number of carbonyl (C=O) groups excluding carboxylic acids is 4. The van der Waals surface area contributed by atoms with Gasteiger partial charge >= 0.3 is 0 Å². The van der Waals surface area contributed by atoms with Gasteiger partial charge < -0.3 is 16.4 Å². The molecule has 50 heavy (non-hydrogen) atoms. The number of ketones is 2. The summed E-state index contributed by atoms with van der Waals surface area (Å²) in [4.78, 5) is 59.9. The molecule has 4 aromatic rings. The lowest BCUT2D eigenvalue weighted by Gasteiger charge is -2.28. The Hall–Kier alpha value is -4.21. The minimum Gasteiger partial charge on any atom is -0.346 e. The summed E-state index contributed by atoms with van der Waals surface area (Å²) in [5, 5.41) is 7.19. The van der Waals surface area contributed by atoms with Crippen LogP contribution in [-0.4, -0.2) is 41.0 Å². The molecule has 9 heteroatoms. The highest BCUT2D eigenvalue weighted by molar-refractivity contribution is 7.18. The van der Waals surface area contributed by atoms with Crippen molar-refractivity contribution in [3.05, 3.63) is 101 Å². The van der Waals surface area contributed by atoms with Gasteiger partial charge in [-0.1, -0.05) is 99.0 Å². The van der Waals surface area contributed by atoms with Crippen molar-refractivity contribution < 1.29 is 19.2 Å². The van der Waals surface area contributed by atoms with Crippen molar-refractivity contribution in [2.24, 2.45) is 23.5 Å². The fourth-order valence-corrected chi connectivity index (χ4v) is 8.11. The van der Waals surface area contributed by atoms with E-state index in [0.29, 0.717) is 32.2 Å². The maximum absolute atomic E-state index is 14.3. The van der Waals surface area contributed by atoms with Crippen LogP contribution >= 0.6 is 11.3 Å². The van der Waals surface area contributed by atoms with E-state index in [2.05, 4.69) is 10.6 Å². The molecule has 0 unspecified atom stereocenters. The van der Waals surface area contributed by atoms with Crippen LogP contribution in [0.4, 0.5) is 0 Å². The Labute approximate surface area is 299 Å². The molecule has 0 radical (unpaired) electrons. The van der Waals surface area contributed by atoms with Gasteiger partial charge in [0.1, 0.15) is 5.78 Å². The third-order valence-corrected chi connectivity index (χ3v) is 11.0. The lowest BCUT2D eigenvalue weighted by molar-refractivity contribution is -0.135. The fraction of sp³-hybridized carbons (Fsp3) is 0.439. The van der Waals surface area contributed by atoms with Gasteiger partial charge in [0.15, 0.2) is 5.78 Å². The Balaban J connectivity index is 1.35. The summed E-state index contributed by atoms with van der Waals surface area (Å²) in [6.07, 6.45) is 6.40. The summed E-state index contributed by atoms with van der Waals surface area (Å²) in [6, 6.07) is 26.4. The third-order valence-electron chi connectivity index (χ3n) is 9.89. The molecular weight excluding hydrogens is 645 g/mol. The molecule has 0 aliphatic heterocycles. The van der Waals surface area contributed by atoms with E-state index in [0.717, 1.165) is 58.5 Å². The maximum Gasteiger partial charge on any atom is 0.224 e. The smallest absolute Gasteiger partial charge is 0.224 e. The second-order valence-corrected chi connectivity index (χ2v) is 14.6. The average Bonchev–Trinajstić information content (AvgIpc) is 3.83. The Morgan fingerprint density at radius 3 is 2.04 bits per heavy atom. The number of rotatable bonds is 19. The summed E-state index contributed by atoms with van der Waals surface area (Å²) >= 11 is 1.53. The van der Waals surface area contributed by atoms with Crippen molar-refractivity contribution in [3.63, 3.8) is 0 Å². The van der Waals surface area contributed by atoms with E-state index in [1.54, 1.807) is 6.92 Å². The van der Waals surface area contributed by atoms with Crippen LogP contribution in [0.1, 0.15) is 93.3 Å². The Bertz CT molecular complexity index is 1630. The number of hydrogen-bond donors (Lipinski definition) is 3. The molecule has 3 atom stereocenters. The van der Waals surface area contributed by atoms with Gasteiger partial charge in [-0.3, -0.25) is 19.2 Å². The van der Waals surface area contributed by atoms with Crippen LogP contribution in [0.15, 0.2) is 84.9 Å². The first-order valence-electron chi connectivity index (χ1n) is 18.2. The third kappa shape index (κ3) is 10.2. The molecule has 0 saturated heterocycles. The van der Waals surface area contributed by atoms with Crippen molar-refractivity contribution in [2.45, 2.75) is 89.6 Å². The minimum atomic E-state index is -0.719. The topological polar surface area (TPSA) is 131 Å². The monoisotopic (exact) mass is 694 g/mol. The normalized spacial score (nSPS) is 15.1. The van der Waals surface area contributed by atoms with Crippen molar-refractivity contribution >= 4 is 44.9 Å². The Morgan fingerprint density at radius 1 is 0.800 bits per heavy atom. The molecular formula is C41H50N4O4S. The number of fused-ring (bicyclic) bond motifs is 1. The number of nitrogens with one attached hydrogen (secondary N) is 2. The van der Waals surface area contributed by atoms with E-state index < -0.39 is 17.9 Å². The van der Waals surface area contributed by atoms with Gasteiger partial charge in [-0.2, -0.15) is 0 Å². The number of nitrogens with two attached hydrogens (primary N) is 1. The fourth-order valence-electron chi connectivity index (χ4n) is 7.06. The van der Waals surface area contributed by atoms with E-state index >= 15 is 0 Å². The number of para-hydroxylation sites is 1. The molecule has 2 amide bonds. The first-order chi connectivity index (χ1) is 24.4. The Morgan fingerprint density at radius 2 is 1.42 bits per heavy atom. The molecule has 1 heterocycles. The zero-order valence-electron chi connectivity index (χ0n) is 29.0. The molecule has 1 saturated carbocycles. The predicted octanol–water partition coefficient (Wildman–Crippen LogP) is 7.11. The average molecular weight is 695 g/mol. The van der Waals surface area contributed by atoms with E-state index in [1.165, 1.54) is 11.3 Å². The predicted molar refractivity (Wildman–Crippen MR) is 200 cm³/mol. The first-order valence-corrected chi connectivity index (χ1v) is 19.0. The second kappa shape index (κ2) is 18.7. The largest absolute Gasteiger partial charge is 0.346 e. The quantitative estimate of drug-likeness (QED) is 0.0897. The van der Waals surface area contributed by atoms with Crippen LogP contribution in [0.25, 0.3) is 10.2 Å². The van der Waals surface area contributed by atoms with Crippen molar-refractivity contribution in [1.29, 1.82) is 0 Å². The SMILES string of the molecule is CCC(=O)C[C@@H](Cc1nc2ccccc2s1)C(=O)N[C@H](C(=O)C[C@@H](CCCCN)C(=O)NC(c1ccccc1)c1ccccc1)C1CCCC1. The van der Waals surface area contributed by atoms with Crippen molar-refractivity contribution in [3.8, 4) is 0 Å². The number of aromatic nitrogens is 1. The van der Waals surface area contributed by atoms with Gasteiger partial charge in [0, 0.05) is 31.6 Å². The van der Waals surface area contributed by atoms with Gasteiger partial charge in [0.05, 0.1) is 33.2 Å². The van der Waals surface area contributed by atoms with E-state index in [9.17, 15) is 19.2 Å². The first kappa shape index (κ1) is 37.1. The molecule has 1 aliphatic carbocycles. The minimum absolute atomic E-state index is 0.00182. The van der Waals surface area contributed by atoms with Crippen LogP contribution in [0.3, 0.4) is 0 Å². The van der Waals surface area contributed by atoms with Gasteiger partial charge in [-0.05, 0) is 61.4 Å². The summed E-state index contributed by atoms with van der Waals surface area (Å²) in [5.74, 6) is -1.84. The molecule has 1 aromatic heterocycles. The van der Waals surface area contributed by atoms with Crippen LogP contribution in [-0.2, 0) is 25.6 Å². The van der Waals surface area contributed by atoms with Gasteiger partial charge in [0.2, 0.25) is 11.8 Å². The van der Waals surface area contributed by atoms with Crippen LogP contribution in [0, 0.1) is 17.8 Å². The van der Waals surface area contributed by atoms with E-state index in [-0.39, 0.29) is 48.2 Å². The maximum atomic E-state index is 14.3.